The molecule has 0 saturated carbocycles. The Balaban J connectivity index is 1.59. The van der Waals surface area contributed by atoms with E-state index in [1.807, 2.05) is 47.0 Å². The molecule has 4 rings (SSSR count). The third-order valence-electron chi connectivity index (χ3n) is 5.00. The minimum absolute atomic E-state index is 0.150. The Bertz CT molecular complexity index is 743. The van der Waals surface area contributed by atoms with Crippen molar-refractivity contribution in [3.05, 3.63) is 0 Å². The smallest absolute Gasteiger partial charge is 0.116 e. The van der Waals surface area contributed by atoms with E-state index >= 15 is 0 Å². The van der Waals surface area contributed by atoms with Crippen LogP contribution >= 0.6 is 47.0 Å². The molecule has 4 heterocycles. The van der Waals surface area contributed by atoms with E-state index in [0.29, 0.717) is 5.92 Å². The van der Waals surface area contributed by atoms with E-state index in [0.717, 1.165) is 29.6 Å². The van der Waals surface area contributed by atoms with E-state index in [1.165, 1.54) is 20.2 Å². The molecule has 0 N–H and O–H groups in total. The summed E-state index contributed by atoms with van der Waals surface area (Å²) < 4.78 is 0. The largest absolute Gasteiger partial charge is 0.279 e. The van der Waals surface area contributed by atoms with Crippen molar-refractivity contribution in [1.29, 1.82) is 0 Å². The minimum atomic E-state index is -0.212. The Morgan fingerprint density at radius 3 is 1.77 bits per heavy atom. The number of nitrogens with zero attached hydrogens (tertiary/aromatic N) is 4. The number of hydrogen-bond donors (Lipinski definition) is 0. The Labute approximate surface area is 173 Å². The van der Waals surface area contributed by atoms with Gasteiger partial charge in [0, 0.05) is 35.5 Å². The lowest BCUT2D eigenvalue weighted by atomic mass is 10.0. The predicted octanol–water partition coefficient (Wildman–Crippen LogP) is 4.50. The summed E-state index contributed by atoms with van der Waals surface area (Å²) >= 11 is 7.52. The molecule has 0 aliphatic carbocycles. The van der Waals surface area contributed by atoms with Crippen LogP contribution in [0.2, 0.25) is 0 Å². The first kappa shape index (κ1) is 19.4. The van der Waals surface area contributed by atoms with Crippen LogP contribution in [0.25, 0.3) is 0 Å². The van der Waals surface area contributed by atoms with Crippen LogP contribution in [-0.4, -0.2) is 66.3 Å². The summed E-state index contributed by atoms with van der Waals surface area (Å²) in [5, 5.41) is 4.84. The van der Waals surface area contributed by atoms with Crippen LogP contribution in [0.5, 0.6) is 0 Å². The maximum atomic E-state index is 5.20. The average Bonchev–Trinajstić information content (AvgIpc) is 3.33. The van der Waals surface area contributed by atoms with E-state index in [-0.39, 0.29) is 16.6 Å². The highest BCUT2D eigenvalue weighted by molar-refractivity contribution is 8.17. The fraction of sp³-hybridized carbons (Fsp3) is 0.778. The number of hydrogen-bond acceptors (Lipinski definition) is 8. The fourth-order valence-corrected chi connectivity index (χ4v) is 8.47. The lowest BCUT2D eigenvalue weighted by molar-refractivity contribution is 0.681. The highest BCUT2D eigenvalue weighted by atomic mass is 32.2. The second-order valence-corrected chi connectivity index (χ2v) is 12.2. The summed E-state index contributed by atoms with van der Waals surface area (Å²) in [6.07, 6.45) is 0. The van der Waals surface area contributed by atoms with Gasteiger partial charge in [-0.05, 0) is 20.8 Å². The summed E-state index contributed by atoms with van der Waals surface area (Å²) in [5.41, 5.74) is -0.523. The van der Waals surface area contributed by atoms with Crippen LogP contribution in [0.15, 0.2) is 20.0 Å². The van der Waals surface area contributed by atoms with Gasteiger partial charge in [-0.15, -0.1) is 47.0 Å². The van der Waals surface area contributed by atoms with Gasteiger partial charge >= 0.3 is 0 Å². The van der Waals surface area contributed by atoms with Gasteiger partial charge in [0.25, 0.3) is 0 Å². The van der Waals surface area contributed by atoms with Gasteiger partial charge in [-0.3, -0.25) is 20.0 Å². The Kier molecular flexibility index (Phi) is 5.11. The maximum absolute atomic E-state index is 5.20. The van der Waals surface area contributed by atoms with Gasteiger partial charge in [0.1, 0.15) is 16.6 Å². The summed E-state index contributed by atoms with van der Waals surface area (Å²) in [7, 11) is 0. The quantitative estimate of drug-likeness (QED) is 0.664. The molecular weight excluding hydrogens is 400 g/mol. The highest BCUT2D eigenvalue weighted by Gasteiger charge is 2.48. The van der Waals surface area contributed by atoms with E-state index in [4.69, 9.17) is 15.0 Å². The van der Waals surface area contributed by atoms with Crippen molar-refractivity contribution in [2.75, 3.05) is 29.6 Å². The molecule has 142 valence electrons. The van der Waals surface area contributed by atoms with Gasteiger partial charge in [0.05, 0.1) is 20.2 Å². The Morgan fingerprint density at radius 2 is 1.27 bits per heavy atom. The number of thioether (sulfide) groups is 4. The van der Waals surface area contributed by atoms with Crippen molar-refractivity contribution in [3.8, 4) is 0 Å². The van der Waals surface area contributed by atoms with E-state index < -0.39 is 0 Å². The van der Waals surface area contributed by atoms with E-state index in [1.54, 1.807) is 0 Å². The first-order valence-electron chi connectivity index (χ1n) is 9.11. The normalized spacial score (nSPS) is 40.1. The van der Waals surface area contributed by atoms with Crippen LogP contribution in [0.1, 0.15) is 34.6 Å². The van der Waals surface area contributed by atoms with Crippen LogP contribution in [0.3, 0.4) is 0 Å². The Hall–Kier alpha value is 0.0800. The van der Waals surface area contributed by atoms with Crippen molar-refractivity contribution in [3.63, 3.8) is 0 Å². The Morgan fingerprint density at radius 1 is 0.731 bits per heavy atom. The molecule has 0 fully saturated rings. The first-order valence-corrected chi connectivity index (χ1v) is 13.0. The second kappa shape index (κ2) is 6.85. The molecule has 26 heavy (non-hydrogen) atoms. The van der Waals surface area contributed by atoms with Crippen molar-refractivity contribution in [2.24, 2.45) is 25.9 Å². The lowest BCUT2D eigenvalue weighted by Crippen LogP contribution is -2.34. The predicted molar refractivity (Wildman–Crippen MR) is 124 cm³/mol. The van der Waals surface area contributed by atoms with Gasteiger partial charge in [-0.25, -0.2) is 0 Å². The molecule has 0 aromatic rings. The molecule has 0 aromatic heterocycles. The standard InChI is InChI=1S/C18H26N4S4/c1-11(2)12-20-17(4,8-24-12)14-22-18(5,10-26-14)15-21-16(3,9-25-15)13-19-6-7-23-13/h11H,6-10H2,1-5H3/t16-,17-,18-/m0/s1. The van der Waals surface area contributed by atoms with E-state index in [2.05, 4.69) is 39.6 Å². The van der Waals surface area contributed by atoms with Crippen LogP contribution in [-0.2, 0) is 0 Å². The van der Waals surface area contributed by atoms with Gasteiger partial charge in [0.2, 0.25) is 0 Å². The monoisotopic (exact) mass is 426 g/mol. The van der Waals surface area contributed by atoms with Gasteiger partial charge in [-0.2, -0.15) is 0 Å². The van der Waals surface area contributed by atoms with Crippen molar-refractivity contribution < 1.29 is 0 Å². The number of rotatable bonds is 4. The molecule has 4 aliphatic heterocycles. The molecule has 0 unspecified atom stereocenters. The molecule has 3 atom stereocenters. The van der Waals surface area contributed by atoms with Gasteiger partial charge < -0.3 is 0 Å². The van der Waals surface area contributed by atoms with Crippen molar-refractivity contribution in [2.45, 2.75) is 51.2 Å². The zero-order valence-corrected chi connectivity index (χ0v) is 19.3. The summed E-state index contributed by atoms with van der Waals surface area (Å²) in [5.74, 6) is 4.56. The van der Waals surface area contributed by atoms with Crippen LogP contribution in [0, 0.1) is 5.92 Å². The second-order valence-electron chi connectivity index (χ2n) is 8.16. The molecule has 0 aromatic carbocycles. The molecule has 0 saturated heterocycles. The minimum Gasteiger partial charge on any atom is -0.279 e. The summed E-state index contributed by atoms with van der Waals surface area (Å²) in [4.78, 5) is 20.1. The van der Waals surface area contributed by atoms with Gasteiger partial charge in [0.15, 0.2) is 0 Å². The summed E-state index contributed by atoms with van der Waals surface area (Å²) in [6, 6.07) is 0. The summed E-state index contributed by atoms with van der Waals surface area (Å²) in [6.45, 7) is 12.1. The molecular formula is C18H26N4S4. The third kappa shape index (κ3) is 3.33. The molecule has 4 aliphatic rings. The third-order valence-corrected chi connectivity index (χ3v) is 10.8. The van der Waals surface area contributed by atoms with Crippen molar-refractivity contribution in [1.82, 2.24) is 0 Å². The van der Waals surface area contributed by atoms with Crippen molar-refractivity contribution >= 4 is 67.2 Å². The van der Waals surface area contributed by atoms with Crippen LogP contribution in [0.4, 0.5) is 0 Å². The lowest BCUT2D eigenvalue weighted by Gasteiger charge is -2.21. The topological polar surface area (TPSA) is 49.4 Å². The molecule has 0 radical (unpaired) electrons. The number of aliphatic imine (C=N–C) groups is 4. The average molecular weight is 427 g/mol. The highest BCUT2D eigenvalue weighted by Crippen LogP contribution is 2.45. The zero-order valence-electron chi connectivity index (χ0n) is 16.0. The first-order chi connectivity index (χ1) is 12.2. The molecule has 0 bridgehead atoms. The molecule has 4 nitrogen and oxygen atoms in total. The molecule has 0 amide bonds. The maximum Gasteiger partial charge on any atom is 0.116 e. The fourth-order valence-electron chi connectivity index (χ4n) is 3.35. The van der Waals surface area contributed by atoms with Crippen LogP contribution < -0.4 is 0 Å². The SMILES string of the molecule is CC(C)C1=N[C@](C)(C2=N[C@](C)(C3=N[C@](C)(C4=NCCS4)CS3)CS2)CS1. The molecule has 0 spiro atoms. The van der Waals surface area contributed by atoms with Gasteiger partial charge in [-0.1, -0.05) is 13.8 Å². The molecule has 8 heteroatoms. The van der Waals surface area contributed by atoms with E-state index in [9.17, 15) is 0 Å². The zero-order chi connectivity index (χ0) is 18.6.